The molecule has 1 aromatic carbocycles. The summed E-state index contributed by atoms with van der Waals surface area (Å²) in [6.45, 7) is 4.29. The molecule has 0 saturated heterocycles. The van der Waals surface area contributed by atoms with Crippen molar-refractivity contribution >= 4 is 68.9 Å². The second kappa shape index (κ2) is 14.6. The fourth-order valence-electron chi connectivity index (χ4n) is 6.32. The molecular weight excluding hydrogens is 717 g/mol. The summed E-state index contributed by atoms with van der Waals surface area (Å²) in [7, 11) is 5.11. The van der Waals surface area contributed by atoms with Gasteiger partial charge in [0.15, 0.2) is 11.3 Å². The number of rotatable bonds is 11. The van der Waals surface area contributed by atoms with E-state index in [1.807, 2.05) is 54.7 Å². The molecule has 19 nitrogen and oxygen atoms in total. The molecule has 0 unspecified atom stereocenters. The van der Waals surface area contributed by atoms with Crippen molar-refractivity contribution in [1.29, 1.82) is 0 Å². The Kier molecular flexibility index (Phi) is 9.22. The summed E-state index contributed by atoms with van der Waals surface area (Å²) >= 11 is 0. The number of oxazole rings is 1. The number of pyridine rings is 1. The molecule has 7 N–H and O–H groups in total. The summed E-state index contributed by atoms with van der Waals surface area (Å²) in [5.74, 6) is 2.31. The van der Waals surface area contributed by atoms with Crippen LogP contribution in [0.3, 0.4) is 0 Å². The zero-order chi connectivity index (χ0) is 38.9. The third-order valence-electron chi connectivity index (χ3n) is 9.03. The van der Waals surface area contributed by atoms with Gasteiger partial charge in [-0.3, -0.25) is 0 Å². The second-order valence-corrected chi connectivity index (χ2v) is 12.9. The third kappa shape index (κ3) is 6.57. The highest BCUT2D eigenvalue weighted by atomic mass is 16.3. The van der Waals surface area contributed by atoms with Gasteiger partial charge in [0.25, 0.3) is 0 Å². The van der Waals surface area contributed by atoms with Gasteiger partial charge in [0.05, 0.1) is 47.8 Å². The maximum atomic E-state index is 13.3. The van der Waals surface area contributed by atoms with E-state index in [0.717, 1.165) is 27.8 Å². The maximum absolute atomic E-state index is 13.3. The van der Waals surface area contributed by atoms with E-state index in [1.54, 1.807) is 48.8 Å². The van der Waals surface area contributed by atoms with Crippen LogP contribution in [0, 0.1) is 0 Å². The smallest absolute Gasteiger partial charge is 0.319 e. The van der Waals surface area contributed by atoms with Crippen LogP contribution >= 0.6 is 0 Å². The van der Waals surface area contributed by atoms with E-state index in [4.69, 9.17) is 19.4 Å². The lowest BCUT2D eigenvalue weighted by atomic mass is 10.1. The number of aromatic nitrogens is 9. The number of hydrogen-bond donors (Lipinski definition) is 7. The lowest BCUT2D eigenvalue weighted by molar-refractivity contribution is 0.251. The number of nitrogens with zero attached hydrogens (tertiary/aromatic N) is 9. The van der Waals surface area contributed by atoms with E-state index < -0.39 is 6.03 Å². The van der Waals surface area contributed by atoms with Crippen molar-refractivity contribution in [3.05, 3.63) is 85.3 Å². The molecule has 0 radical (unpaired) electrons. The van der Waals surface area contributed by atoms with Crippen molar-refractivity contribution in [2.45, 2.75) is 26.4 Å². The van der Waals surface area contributed by atoms with E-state index in [0.29, 0.717) is 57.4 Å². The van der Waals surface area contributed by atoms with Gasteiger partial charge in [-0.05, 0) is 38.1 Å². The lowest BCUT2D eigenvalue weighted by Gasteiger charge is -2.12. The maximum Gasteiger partial charge on any atom is 0.319 e. The molecule has 0 aliphatic rings. The minimum absolute atomic E-state index is 0.0680. The molecule has 0 saturated carbocycles. The molecule has 4 amide bonds. The largest absolute Gasteiger partial charge is 0.444 e. The van der Waals surface area contributed by atoms with E-state index in [2.05, 4.69) is 70.8 Å². The third-order valence-corrected chi connectivity index (χ3v) is 9.03. The number of benzene rings is 1. The fourth-order valence-corrected chi connectivity index (χ4v) is 6.32. The van der Waals surface area contributed by atoms with Crippen molar-refractivity contribution in [2.24, 2.45) is 0 Å². The van der Waals surface area contributed by atoms with Crippen molar-refractivity contribution in [2.75, 3.05) is 47.7 Å². The molecule has 0 aliphatic heterocycles. The fraction of sp³-hybridized carbons (Fsp3) is 0.189. The van der Waals surface area contributed by atoms with Gasteiger partial charge >= 0.3 is 12.1 Å². The van der Waals surface area contributed by atoms with Gasteiger partial charge in [0.1, 0.15) is 40.7 Å². The van der Waals surface area contributed by atoms with Crippen LogP contribution in [0.1, 0.15) is 25.6 Å². The van der Waals surface area contributed by atoms with Crippen LogP contribution in [0.25, 0.3) is 45.0 Å². The Morgan fingerprint density at radius 3 is 2.20 bits per heavy atom. The number of nitrogens with one attached hydrogen (secondary N) is 7. The molecule has 8 aromatic rings. The van der Waals surface area contributed by atoms with Crippen LogP contribution in [0.5, 0.6) is 0 Å². The van der Waals surface area contributed by atoms with E-state index in [-0.39, 0.29) is 18.6 Å². The second-order valence-electron chi connectivity index (χ2n) is 12.9. The SMILES string of the molecule is CNC(=O)Nc1cnn2c(NC)cc(-c3cn(C(C)C)c4nc(CNC(=O)Nc5cnn6c(NC)cc(Nc7ccccc7-c7ncco7)nc56)ccc34)nc12. The molecule has 0 spiro atoms. The lowest BCUT2D eigenvalue weighted by Crippen LogP contribution is -2.28. The molecule has 0 atom stereocenters. The normalized spacial score (nSPS) is 11.3. The van der Waals surface area contributed by atoms with Gasteiger partial charge in [-0.15, -0.1) is 0 Å². The summed E-state index contributed by atoms with van der Waals surface area (Å²) in [5, 5.41) is 30.5. The standard InChI is InChI=1S/C37H38N16O3/c1-20(2)51-19-24(26-14-30(38-3)52-33(47-26)27(17-43-52)48-36(54)40-5)22-11-10-21(45-32(22)51)16-42-37(55)49-28-18-44-53-31(39-4)15-29(50-34(28)53)46-25-9-7-6-8-23(25)35-41-12-13-56-35/h6-15,17-20,38-39H,16H2,1-5H3,(H,46,50)(H2,40,48,54)(H2,42,49,55). The highest BCUT2D eigenvalue weighted by Crippen LogP contribution is 2.34. The van der Waals surface area contributed by atoms with Gasteiger partial charge < -0.3 is 46.2 Å². The Bertz CT molecular complexity index is 2730. The number of fused-ring (bicyclic) bond motifs is 3. The van der Waals surface area contributed by atoms with Gasteiger partial charge in [-0.2, -0.15) is 19.2 Å². The van der Waals surface area contributed by atoms with E-state index in [9.17, 15) is 9.59 Å². The molecule has 0 bridgehead atoms. The molecular formula is C37H38N16O3. The van der Waals surface area contributed by atoms with Crippen LogP contribution in [0.2, 0.25) is 0 Å². The molecule has 7 heterocycles. The minimum atomic E-state index is -0.457. The number of anilines is 6. The van der Waals surface area contributed by atoms with Crippen LogP contribution in [-0.2, 0) is 6.54 Å². The van der Waals surface area contributed by atoms with Gasteiger partial charge in [0.2, 0.25) is 5.89 Å². The topological polar surface area (TPSA) is 223 Å². The number of hydrogen-bond acceptors (Lipinski definition) is 12. The predicted octanol–water partition coefficient (Wildman–Crippen LogP) is 5.92. The average molecular weight is 755 g/mol. The molecule has 56 heavy (non-hydrogen) atoms. The average Bonchev–Trinajstić information content (AvgIpc) is 4.03. The summed E-state index contributed by atoms with van der Waals surface area (Å²) in [6, 6.07) is 14.4. The number of para-hydroxylation sites is 1. The van der Waals surface area contributed by atoms with Crippen molar-refractivity contribution in [3.8, 4) is 22.7 Å². The quantitative estimate of drug-likeness (QED) is 0.0817. The number of amides is 4. The predicted molar refractivity (Wildman–Crippen MR) is 213 cm³/mol. The zero-order valence-electron chi connectivity index (χ0n) is 31.0. The first-order chi connectivity index (χ1) is 27.2. The molecule has 8 rings (SSSR count). The van der Waals surface area contributed by atoms with E-state index >= 15 is 0 Å². The summed E-state index contributed by atoms with van der Waals surface area (Å²) in [4.78, 5) is 44.3. The Hall–Kier alpha value is -7.70. The van der Waals surface area contributed by atoms with Crippen LogP contribution in [0.4, 0.5) is 44.1 Å². The van der Waals surface area contributed by atoms with Crippen molar-refractivity contribution in [3.63, 3.8) is 0 Å². The molecule has 19 heteroatoms. The van der Waals surface area contributed by atoms with Crippen LogP contribution in [0.15, 0.2) is 84.0 Å². The number of carbonyl (C=O) groups excluding carboxylic acids is 2. The Balaban J connectivity index is 1.03. The highest BCUT2D eigenvalue weighted by Gasteiger charge is 2.20. The summed E-state index contributed by atoms with van der Waals surface area (Å²) in [6.07, 6.45) is 8.22. The molecule has 0 fully saturated rings. The molecule has 284 valence electrons. The Morgan fingerprint density at radius 1 is 0.786 bits per heavy atom. The van der Waals surface area contributed by atoms with Gasteiger partial charge in [0, 0.05) is 56.5 Å². The first-order valence-electron chi connectivity index (χ1n) is 17.7. The highest BCUT2D eigenvalue weighted by molar-refractivity contribution is 5.97. The first kappa shape index (κ1) is 35.3. The summed E-state index contributed by atoms with van der Waals surface area (Å²) < 4.78 is 10.8. The number of carbonyl (C=O) groups is 2. The Labute approximate surface area is 319 Å². The van der Waals surface area contributed by atoms with Gasteiger partial charge in [-0.1, -0.05) is 12.1 Å². The van der Waals surface area contributed by atoms with Crippen LogP contribution < -0.4 is 37.2 Å². The number of urea groups is 2. The first-order valence-corrected chi connectivity index (χ1v) is 17.7. The van der Waals surface area contributed by atoms with E-state index in [1.165, 1.54) is 6.26 Å². The van der Waals surface area contributed by atoms with Crippen LogP contribution in [-0.4, -0.2) is 76.9 Å². The van der Waals surface area contributed by atoms with Gasteiger partial charge in [-0.25, -0.2) is 29.5 Å². The zero-order valence-corrected chi connectivity index (χ0v) is 31.0. The van der Waals surface area contributed by atoms with Crippen molar-refractivity contribution in [1.82, 2.24) is 54.4 Å². The molecule has 7 aromatic heterocycles. The Morgan fingerprint density at radius 2 is 1.50 bits per heavy atom. The summed E-state index contributed by atoms with van der Waals surface area (Å²) in [5.41, 5.74) is 6.17. The molecule has 0 aliphatic carbocycles. The minimum Gasteiger partial charge on any atom is -0.444 e. The van der Waals surface area contributed by atoms with Crippen molar-refractivity contribution < 1.29 is 14.0 Å². The monoisotopic (exact) mass is 754 g/mol.